The zero-order chi connectivity index (χ0) is 19.9. The topological polar surface area (TPSA) is 95.9 Å². The summed E-state index contributed by atoms with van der Waals surface area (Å²) in [6.45, 7) is 8.42. The number of alkyl carbamates (subject to hydrolysis) is 1. The zero-order valence-corrected chi connectivity index (χ0v) is 16.0. The van der Waals surface area contributed by atoms with Crippen molar-refractivity contribution in [3.05, 3.63) is 35.9 Å². The van der Waals surface area contributed by atoms with Crippen LogP contribution in [-0.4, -0.2) is 46.2 Å². The normalized spacial score (nSPS) is 13.4. The Morgan fingerprint density at radius 2 is 1.73 bits per heavy atom. The second-order valence-electron chi connectivity index (χ2n) is 7.23. The molecule has 0 bridgehead atoms. The van der Waals surface area contributed by atoms with Crippen LogP contribution in [-0.2, 0) is 20.9 Å². The van der Waals surface area contributed by atoms with Crippen molar-refractivity contribution in [1.29, 1.82) is 0 Å². The molecule has 0 heterocycles. The molecule has 2 unspecified atom stereocenters. The smallest absolute Gasteiger partial charge is 0.408 e. The van der Waals surface area contributed by atoms with Crippen molar-refractivity contribution in [3.8, 4) is 0 Å². The van der Waals surface area contributed by atoms with Gasteiger partial charge in [0.2, 0.25) is 5.91 Å². The standard InChI is InChI=1S/C19H28N2O5/c1-13(17(23)24)14(2)21(12-15-9-7-6-8-10-15)16(22)11-20-18(25)26-19(3,4)5/h6-10,13-14H,11-12H2,1-5H3,(H,20,25)(H,23,24). The van der Waals surface area contributed by atoms with Gasteiger partial charge in [-0.3, -0.25) is 9.59 Å². The molecule has 0 aliphatic heterocycles. The fourth-order valence-electron chi connectivity index (χ4n) is 2.28. The maximum Gasteiger partial charge on any atom is 0.408 e. The number of hydrogen-bond acceptors (Lipinski definition) is 4. The average Bonchev–Trinajstić information content (AvgIpc) is 2.55. The first-order chi connectivity index (χ1) is 12.0. The number of carboxylic acids is 1. The van der Waals surface area contributed by atoms with Crippen LogP contribution >= 0.6 is 0 Å². The molecule has 7 nitrogen and oxygen atoms in total. The number of carbonyl (C=O) groups is 3. The molecule has 2 amide bonds. The third kappa shape index (κ3) is 7.13. The van der Waals surface area contributed by atoms with Crippen LogP contribution in [0.4, 0.5) is 4.79 Å². The molecule has 26 heavy (non-hydrogen) atoms. The van der Waals surface area contributed by atoms with Gasteiger partial charge in [-0.15, -0.1) is 0 Å². The number of nitrogens with zero attached hydrogens (tertiary/aromatic N) is 1. The van der Waals surface area contributed by atoms with Gasteiger partial charge in [0.05, 0.1) is 5.92 Å². The SMILES string of the molecule is CC(C(=O)O)C(C)N(Cc1ccccc1)C(=O)CNC(=O)OC(C)(C)C. The van der Waals surface area contributed by atoms with Crippen molar-refractivity contribution in [2.75, 3.05) is 6.54 Å². The molecule has 1 aromatic carbocycles. The zero-order valence-electron chi connectivity index (χ0n) is 16.0. The van der Waals surface area contributed by atoms with Gasteiger partial charge < -0.3 is 20.1 Å². The van der Waals surface area contributed by atoms with Gasteiger partial charge >= 0.3 is 12.1 Å². The van der Waals surface area contributed by atoms with Crippen molar-refractivity contribution in [2.45, 2.75) is 52.8 Å². The molecular weight excluding hydrogens is 336 g/mol. The van der Waals surface area contributed by atoms with Gasteiger partial charge in [0.25, 0.3) is 0 Å². The number of amides is 2. The van der Waals surface area contributed by atoms with E-state index in [0.29, 0.717) is 0 Å². The summed E-state index contributed by atoms with van der Waals surface area (Å²) in [5.41, 5.74) is 0.213. The minimum Gasteiger partial charge on any atom is -0.481 e. The summed E-state index contributed by atoms with van der Waals surface area (Å²) in [7, 11) is 0. The van der Waals surface area contributed by atoms with Crippen LogP contribution in [0, 0.1) is 5.92 Å². The van der Waals surface area contributed by atoms with E-state index in [-0.39, 0.29) is 19.0 Å². The lowest BCUT2D eigenvalue weighted by Crippen LogP contribution is -2.48. The van der Waals surface area contributed by atoms with Crippen LogP contribution in [0.3, 0.4) is 0 Å². The predicted octanol–water partition coefficient (Wildman–Crippen LogP) is 2.65. The van der Waals surface area contributed by atoms with Crippen LogP contribution in [0.5, 0.6) is 0 Å². The van der Waals surface area contributed by atoms with E-state index in [0.717, 1.165) is 5.56 Å². The van der Waals surface area contributed by atoms with Gasteiger partial charge in [-0.2, -0.15) is 0 Å². The van der Waals surface area contributed by atoms with Crippen LogP contribution in [0.1, 0.15) is 40.2 Å². The second-order valence-corrected chi connectivity index (χ2v) is 7.23. The minimum absolute atomic E-state index is 0.258. The Hall–Kier alpha value is -2.57. The molecule has 0 saturated carbocycles. The third-order valence-electron chi connectivity index (χ3n) is 3.90. The molecule has 0 saturated heterocycles. The molecule has 0 aromatic heterocycles. The summed E-state index contributed by atoms with van der Waals surface area (Å²) < 4.78 is 5.12. The minimum atomic E-state index is -0.983. The summed E-state index contributed by atoms with van der Waals surface area (Å²) in [5.74, 6) is -2.10. The second kappa shape index (κ2) is 9.22. The third-order valence-corrected chi connectivity index (χ3v) is 3.90. The van der Waals surface area contributed by atoms with E-state index in [1.807, 2.05) is 30.3 Å². The Labute approximate surface area is 154 Å². The van der Waals surface area contributed by atoms with Gasteiger partial charge in [-0.1, -0.05) is 30.3 Å². The largest absolute Gasteiger partial charge is 0.481 e. The van der Waals surface area contributed by atoms with Gasteiger partial charge in [0.15, 0.2) is 0 Å². The highest BCUT2D eigenvalue weighted by molar-refractivity contribution is 5.83. The van der Waals surface area contributed by atoms with E-state index in [9.17, 15) is 19.5 Å². The highest BCUT2D eigenvalue weighted by Crippen LogP contribution is 2.16. The quantitative estimate of drug-likeness (QED) is 0.775. The summed E-state index contributed by atoms with van der Waals surface area (Å²) in [6.07, 6.45) is -0.690. The molecule has 0 fully saturated rings. The Balaban J connectivity index is 2.84. The Bertz CT molecular complexity index is 625. The van der Waals surface area contributed by atoms with Crippen LogP contribution in [0.25, 0.3) is 0 Å². The molecule has 2 N–H and O–H groups in total. The summed E-state index contributed by atoms with van der Waals surface area (Å²) in [6, 6.07) is 8.74. The summed E-state index contributed by atoms with van der Waals surface area (Å²) >= 11 is 0. The number of aliphatic carboxylic acids is 1. The lowest BCUT2D eigenvalue weighted by Gasteiger charge is -2.32. The van der Waals surface area contributed by atoms with Gasteiger partial charge in [-0.25, -0.2) is 4.79 Å². The lowest BCUT2D eigenvalue weighted by molar-refractivity contribution is -0.145. The summed E-state index contributed by atoms with van der Waals surface area (Å²) in [4.78, 5) is 37.2. The molecule has 2 atom stereocenters. The van der Waals surface area contributed by atoms with Gasteiger partial charge in [0, 0.05) is 12.6 Å². The van der Waals surface area contributed by atoms with Crippen LogP contribution in [0.2, 0.25) is 0 Å². The maximum absolute atomic E-state index is 12.6. The number of nitrogens with one attached hydrogen (secondary N) is 1. The molecule has 1 aromatic rings. The highest BCUT2D eigenvalue weighted by atomic mass is 16.6. The average molecular weight is 364 g/mol. The van der Waals surface area contributed by atoms with E-state index in [4.69, 9.17) is 4.74 Å². The van der Waals surface area contributed by atoms with Gasteiger partial charge in [0.1, 0.15) is 12.1 Å². The monoisotopic (exact) mass is 364 g/mol. The number of rotatable bonds is 7. The van der Waals surface area contributed by atoms with Crippen molar-refractivity contribution < 1.29 is 24.2 Å². The fraction of sp³-hybridized carbons (Fsp3) is 0.526. The van der Waals surface area contributed by atoms with E-state index >= 15 is 0 Å². The predicted molar refractivity (Wildman–Crippen MR) is 97.5 cm³/mol. The van der Waals surface area contributed by atoms with Gasteiger partial charge in [-0.05, 0) is 40.2 Å². The molecular formula is C19H28N2O5. The molecule has 1 rings (SSSR count). The molecule has 0 aliphatic rings. The number of ether oxygens (including phenoxy) is 1. The highest BCUT2D eigenvalue weighted by Gasteiger charge is 2.29. The molecule has 0 radical (unpaired) electrons. The molecule has 144 valence electrons. The Morgan fingerprint density at radius 1 is 1.15 bits per heavy atom. The number of carboxylic acid groups (broad SMARTS) is 1. The van der Waals surface area contributed by atoms with Crippen molar-refractivity contribution in [2.24, 2.45) is 5.92 Å². The fourth-order valence-corrected chi connectivity index (χ4v) is 2.28. The van der Waals surface area contributed by atoms with E-state index in [2.05, 4.69) is 5.32 Å². The molecule has 7 heteroatoms. The number of carbonyl (C=O) groups excluding carboxylic acids is 2. The molecule has 0 spiro atoms. The van der Waals surface area contributed by atoms with E-state index in [1.165, 1.54) is 4.90 Å². The molecule has 0 aliphatic carbocycles. The van der Waals surface area contributed by atoms with Crippen LogP contribution < -0.4 is 5.32 Å². The first-order valence-corrected chi connectivity index (χ1v) is 8.54. The van der Waals surface area contributed by atoms with E-state index in [1.54, 1.807) is 34.6 Å². The van der Waals surface area contributed by atoms with Crippen molar-refractivity contribution in [1.82, 2.24) is 10.2 Å². The number of hydrogen-bond donors (Lipinski definition) is 2. The Kier molecular flexibility index (Phi) is 7.61. The summed E-state index contributed by atoms with van der Waals surface area (Å²) in [5, 5.41) is 11.7. The number of benzene rings is 1. The van der Waals surface area contributed by atoms with Crippen LogP contribution in [0.15, 0.2) is 30.3 Å². The lowest BCUT2D eigenvalue weighted by atomic mass is 10.0. The van der Waals surface area contributed by atoms with Crippen molar-refractivity contribution >= 4 is 18.0 Å². The van der Waals surface area contributed by atoms with Crippen molar-refractivity contribution in [3.63, 3.8) is 0 Å². The Morgan fingerprint density at radius 3 is 2.23 bits per heavy atom. The first kappa shape index (κ1) is 21.5. The first-order valence-electron chi connectivity index (χ1n) is 8.54. The van der Waals surface area contributed by atoms with E-state index < -0.39 is 29.6 Å². The maximum atomic E-state index is 12.6.